The van der Waals surface area contributed by atoms with Crippen molar-refractivity contribution in [3.8, 4) is 18.0 Å². The van der Waals surface area contributed by atoms with Gasteiger partial charge in [-0.05, 0) is 23.3 Å². The lowest BCUT2D eigenvalue weighted by molar-refractivity contribution is 0.322. The normalized spacial score (nSPS) is 14.2. The third-order valence-electron chi connectivity index (χ3n) is 5.06. The van der Waals surface area contributed by atoms with E-state index in [0.29, 0.717) is 18.0 Å². The predicted octanol–water partition coefficient (Wildman–Crippen LogP) is 2.68. The monoisotopic (exact) mass is 424 g/mol. The van der Waals surface area contributed by atoms with Crippen LogP contribution < -0.4 is 26.8 Å². The van der Waals surface area contributed by atoms with Gasteiger partial charge >= 0.3 is 0 Å². The molecule has 1 unspecified atom stereocenters. The number of nitrogens with two attached hydrogens (primary N) is 2. The molecule has 2 heterocycles. The topological polar surface area (TPSA) is 158 Å². The molecule has 0 amide bonds. The summed E-state index contributed by atoms with van der Waals surface area (Å²) in [6.45, 7) is 0.551. The Hall–Kier alpha value is -4.76. The number of hydrogen-bond acceptors (Lipinski definition) is 9. The van der Waals surface area contributed by atoms with Gasteiger partial charge in [0, 0.05) is 12.0 Å². The van der Waals surface area contributed by atoms with Crippen LogP contribution in [0, 0.1) is 22.8 Å². The second-order valence-corrected chi connectivity index (χ2v) is 7.05. The largest absolute Gasteiger partial charge is 0.493 e. The van der Waals surface area contributed by atoms with Crippen LogP contribution in [0.25, 0.3) is 0 Å². The maximum absolute atomic E-state index is 9.42. The van der Waals surface area contributed by atoms with Gasteiger partial charge in [0.1, 0.15) is 35.1 Å². The minimum Gasteiger partial charge on any atom is -0.493 e. The summed E-state index contributed by atoms with van der Waals surface area (Å²) >= 11 is 0. The van der Waals surface area contributed by atoms with E-state index in [1.807, 2.05) is 54.7 Å². The first kappa shape index (κ1) is 20.5. The molecule has 1 atom stereocenters. The number of ether oxygens (including phenoxy) is 1. The number of pyridine rings is 1. The molecule has 9 nitrogen and oxygen atoms in total. The molecule has 158 valence electrons. The summed E-state index contributed by atoms with van der Waals surface area (Å²) in [6, 6.07) is 19.0. The maximum Gasteiger partial charge on any atom is 0.211 e. The first-order valence-electron chi connectivity index (χ1n) is 9.86. The summed E-state index contributed by atoms with van der Waals surface area (Å²) in [5.41, 5.74) is 15.0. The van der Waals surface area contributed by atoms with Crippen LogP contribution in [0.3, 0.4) is 0 Å². The molecule has 0 spiro atoms. The van der Waals surface area contributed by atoms with Crippen molar-refractivity contribution in [2.24, 2.45) is 4.99 Å². The lowest BCUT2D eigenvalue weighted by Crippen LogP contribution is -2.32. The average Bonchev–Trinajstić information content (AvgIpc) is 2.80. The fraction of sp³-hybridized carbons (Fsp3) is 0.130. The minimum atomic E-state index is -0.583. The second-order valence-electron chi connectivity index (χ2n) is 7.05. The van der Waals surface area contributed by atoms with Crippen molar-refractivity contribution in [3.63, 3.8) is 0 Å². The zero-order valence-electron chi connectivity index (χ0n) is 17.0. The number of benzene rings is 2. The molecule has 0 saturated carbocycles. The van der Waals surface area contributed by atoms with Crippen molar-refractivity contribution in [2.45, 2.75) is 12.5 Å². The van der Waals surface area contributed by atoms with Crippen LogP contribution in [0.1, 0.15) is 28.3 Å². The minimum absolute atomic E-state index is 0.00960. The molecule has 0 saturated heterocycles. The standard InChI is InChI=1S/C23H20N8O/c24-12-17-19(26)18-20(29-23(28-13-25)31-22(18)30-21(17)27)15-6-8-16(9-7-15)32-11-10-14-4-2-1-3-5-14/h1-9,20H,10-11H2,(H6,26,27,28,29,30,31). The van der Waals surface area contributed by atoms with E-state index in [2.05, 4.69) is 32.7 Å². The van der Waals surface area contributed by atoms with Gasteiger partial charge in [-0.2, -0.15) is 10.5 Å². The molecule has 0 fully saturated rings. The first-order chi connectivity index (χ1) is 15.6. The highest BCUT2D eigenvalue weighted by atomic mass is 16.5. The lowest BCUT2D eigenvalue weighted by atomic mass is 9.95. The number of guanidine groups is 1. The van der Waals surface area contributed by atoms with Gasteiger partial charge in [0.15, 0.2) is 6.19 Å². The van der Waals surface area contributed by atoms with Crippen LogP contribution in [0.15, 0.2) is 59.6 Å². The molecule has 0 aliphatic carbocycles. The van der Waals surface area contributed by atoms with Crippen molar-refractivity contribution in [2.75, 3.05) is 23.4 Å². The fourth-order valence-electron chi connectivity index (χ4n) is 3.50. The smallest absolute Gasteiger partial charge is 0.211 e. The van der Waals surface area contributed by atoms with Gasteiger partial charge in [-0.25, -0.2) is 9.98 Å². The summed E-state index contributed by atoms with van der Waals surface area (Å²) in [7, 11) is 0. The molecule has 4 rings (SSSR count). The van der Waals surface area contributed by atoms with Crippen molar-refractivity contribution < 1.29 is 4.74 Å². The molecule has 9 heteroatoms. The number of anilines is 3. The van der Waals surface area contributed by atoms with E-state index in [1.54, 1.807) is 0 Å². The van der Waals surface area contributed by atoms with E-state index < -0.39 is 6.04 Å². The second kappa shape index (κ2) is 8.94. The third-order valence-corrected chi connectivity index (χ3v) is 5.06. The number of fused-ring (bicyclic) bond motifs is 1. The van der Waals surface area contributed by atoms with E-state index in [0.717, 1.165) is 17.7 Å². The lowest BCUT2D eigenvalue weighted by Gasteiger charge is -2.26. The first-order valence-corrected chi connectivity index (χ1v) is 9.86. The highest BCUT2D eigenvalue weighted by molar-refractivity contribution is 5.98. The Balaban J connectivity index is 1.59. The Kier molecular flexibility index (Phi) is 5.73. The Morgan fingerprint density at radius 2 is 1.81 bits per heavy atom. The molecule has 0 bridgehead atoms. The van der Waals surface area contributed by atoms with Gasteiger partial charge in [0.25, 0.3) is 0 Å². The Bertz CT molecular complexity index is 1240. The van der Waals surface area contributed by atoms with Gasteiger partial charge in [-0.15, -0.1) is 0 Å². The molecular weight excluding hydrogens is 404 g/mol. The zero-order chi connectivity index (χ0) is 22.5. The maximum atomic E-state index is 9.42. The Morgan fingerprint density at radius 3 is 2.50 bits per heavy atom. The molecule has 1 aromatic heterocycles. The molecule has 1 aliphatic heterocycles. The Labute approximate surface area is 185 Å². The van der Waals surface area contributed by atoms with Crippen LogP contribution in [-0.4, -0.2) is 17.6 Å². The van der Waals surface area contributed by atoms with Gasteiger partial charge in [0.2, 0.25) is 5.96 Å². The fourth-order valence-corrected chi connectivity index (χ4v) is 3.50. The number of nitriles is 2. The summed E-state index contributed by atoms with van der Waals surface area (Å²) in [5.74, 6) is 1.29. The van der Waals surface area contributed by atoms with E-state index in [9.17, 15) is 5.26 Å². The molecule has 32 heavy (non-hydrogen) atoms. The van der Waals surface area contributed by atoms with Crippen molar-refractivity contribution >= 4 is 23.3 Å². The van der Waals surface area contributed by atoms with Crippen LogP contribution in [-0.2, 0) is 6.42 Å². The van der Waals surface area contributed by atoms with Crippen LogP contribution in [0.2, 0.25) is 0 Å². The van der Waals surface area contributed by atoms with Gasteiger partial charge in [-0.1, -0.05) is 42.5 Å². The summed E-state index contributed by atoms with van der Waals surface area (Å²) < 4.78 is 5.86. The number of nitrogen functional groups attached to an aromatic ring is 2. The Morgan fingerprint density at radius 1 is 1.06 bits per heavy atom. The summed E-state index contributed by atoms with van der Waals surface area (Å²) in [5, 5.41) is 23.8. The summed E-state index contributed by atoms with van der Waals surface area (Å²) in [6.07, 6.45) is 2.64. The van der Waals surface area contributed by atoms with Gasteiger partial charge in [0.05, 0.1) is 12.3 Å². The molecule has 6 N–H and O–H groups in total. The SMILES string of the molecule is N#CNC1=NC(c2ccc(OCCc3ccccc3)cc2)c2c(nc(N)c(C#N)c2N)N1. The highest BCUT2D eigenvalue weighted by Gasteiger charge is 2.29. The van der Waals surface area contributed by atoms with Crippen molar-refractivity contribution in [1.29, 1.82) is 10.5 Å². The van der Waals surface area contributed by atoms with Crippen LogP contribution in [0.4, 0.5) is 17.3 Å². The van der Waals surface area contributed by atoms with E-state index in [-0.39, 0.29) is 23.0 Å². The van der Waals surface area contributed by atoms with Gasteiger partial charge < -0.3 is 21.5 Å². The number of nitrogens with one attached hydrogen (secondary N) is 2. The molecule has 1 aliphatic rings. The average molecular weight is 424 g/mol. The predicted molar refractivity (Wildman–Crippen MR) is 122 cm³/mol. The third kappa shape index (κ3) is 4.09. The van der Waals surface area contributed by atoms with Crippen LogP contribution in [0.5, 0.6) is 5.75 Å². The van der Waals surface area contributed by atoms with E-state index >= 15 is 0 Å². The zero-order valence-corrected chi connectivity index (χ0v) is 17.0. The molecule has 0 radical (unpaired) electrons. The van der Waals surface area contributed by atoms with Crippen molar-refractivity contribution in [1.82, 2.24) is 10.3 Å². The summed E-state index contributed by atoms with van der Waals surface area (Å²) in [4.78, 5) is 8.79. The quantitative estimate of drug-likeness (QED) is 0.359. The van der Waals surface area contributed by atoms with E-state index in [1.165, 1.54) is 5.56 Å². The molecule has 3 aromatic rings. The number of hydrogen-bond donors (Lipinski definition) is 4. The number of aliphatic imine (C=N–C) groups is 1. The number of rotatable bonds is 5. The highest BCUT2D eigenvalue weighted by Crippen LogP contribution is 2.40. The number of aromatic nitrogens is 1. The molecule has 2 aromatic carbocycles. The van der Waals surface area contributed by atoms with E-state index in [4.69, 9.17) is 21.5 Å². The number of nitrogens with zero attached hydrogens (tertiary/aromatic N) is 4. The van der Waals surface area contributed by atoms with Gasteiger partial charge in [-0.3, -0.25) is 5.32 Å². The van der Waals surface area contributed by atoms with Crippen molar-refractivity contribution in [3.05, 3.63) is 76.9 Å². The van der Waals surface area contributed by atoms with Crippen LogP contribution >= 0.6 is 0 Å². The molecular formula is C23H20N8O.